The van der Waals surface area contributed by atoms with Crippen LogP contribution in [0.2, 0.25) is 0 Å². The molecule has 0 aliphatic heterocycles. The van der Waals surface area contributed by atoms with Crippen molar-refractivity contribution in [3.8, 4) is 0 Å². The van der Waals surface area contributed by atoms with Crippen molar-refractivity contribution in [1.29, 1.82) is 0 Å². The van der Waals surface area contributed by atoms with Crippen molar-refractivity contribution in [3.05, 3.63) is 90.0 Å². The molecule has 0 N–H and O–H groups in total. The Morgan fingerprint density at radius 2 is 1.59 bits per heavy atom. The summed E-state index contributed by atoms with van der Waals surface area (Å²) in [5.74, 6) is -0.305. The molecule has 1 amide bonds. The number of carbonyl (C=O) groups excluding carboxylic acids is 1. The molecule has 29 heavy (non-hydrogen) atoms. The molecule has 0 atom stereocenters. The summed E-state index contributed by atoms with van der Waals surface area (Å²) >= 11 is 1.45. The van der Waals surface area contributed by atoms with Gasteiger partial charge in [-0.25, -0.2) is 13.4 Å². The average molecular weight is 423 g/mol. The quantitative estimate of drug-likeness (QED) is 0.473. The van der Waals surface area contributed by atoms with E-state index in [9.17, 15) is 13.2 Å². The van der Waals surface area contributed by atoms with Crippen molar-refractivity contribution in [1.82, 2.24) is 4.98 Å². The first kappa shape index (κ1) is 19.3. The van der Waals surface area contributed by atoms with Gasteiger partial charge in [0, 0.05) is 12.6 Å². The fourth-order valence-corrected chi connectivity index (χ4v) is 5.25. The number of anilines is 1. The van der Waals surface area contributed by atoms with Crippen LogP contribution in [0.15, 0.2) is 83.8 Å². The first-order valence-corrected chi connectivity index (χ1v) is 11.4. The molecule has 3 aromatic carbocycles. The highest BCUT2D eigenvalue weighted by Crippen LogP contribution is 2.28. The number of sulfone groups is 1. The lowest BCUT2D eigenvalue weighted by molar-refractivity contribution is 0.0993. The molecule has 5 nitrogen and oxygen atoms in total. The zero-order chi connectivity index (χ0) is 20.4. The summed E-state index contributed by atoms with van der Waals surface area (Å²) < 4.78 is 26.1. The van der Waals surface area contributed by atoms with Gasteiger partial charge in [0.05, 0.1) is 20.9 Å². The number of carbonyl (C=O) groups is 1. The van der Waals surface area contributed by atoms with Gasteiger partial charge < -0.3 is 0 Å². The Kier molecular flexibility index (Phi) is 5.17. The van der Waals surface area contributed by atoms with Gasteiger partial charge in [0.1, 0.15) is 0 Å². The second-order valence-electron chi connectivity index (χ2n) is 6.60. The number of fused-ring (bicyclic) bond motifs is 1. The van der Waals surface area contributed by atoms with Gasteiger partial charge in [-0.05, 0) is 42.0 Å². The highest BCUT2D eigenvalue weighted by molar-refractivity contribution is 7.90. The Morgan fingerprint density at radius 1 is 0.931 bits per heavy atom. The molecule has 0 spiro atoms. The molecule has 7 heteroatoms. The van der Waals surface area contributed by atoms with Crippen molar-refractivity contribution >= 4 is 42.4 Å². The number of thiazole rings is 1. The smallest absolute Gasteiger partial charge is 0.259 e. The van der Waals surface area contributed by atoms with E-state index in [0.717, 1.165) is 10.2 Å². The molecule has 0 bridgehead atoms. The molecule has 0 saturated carbocycles. The summed E-state index contributed by atoms with van der Waals surface area (Å²) in [5.41, 5.74) is 1.97. The van der Waals surface area contributed by atoms with Gasteiger partial charge in [0.15, 0.2) is 15.0 Å². The van der Waals surface area contributed by atoms with Crippen molar-refractivity contribution in [2.45, 2.75) is 10.6 Å². The zero-order valence-corrected chi connectivity index (χ0v) is 17.3. The van der Waals surface area contributed by atoms with Gasteiger partial charge in [-0.3, -0.25) is 9.69 Å². The Labute approximate surface area is 173 Å². The van der Waals surface area contributed by atoms with Crippen LogP contribution in [0, 0.1) is 0 Å². The Morgan fingerprint density at radius 3 is 2.28 bits per heavy atom. The zero-order valence-electron chi connectivity index (χ0n) is 15.6. The molecule has 0 fully saturated rings. The minimum absolute atomic E-state index is 0.112. The molecule has 1 aromatic heterocycles. The maximum atomic E-state index is 12.8. The first-order chi connectivity index (χ1) is 13.9. The van der Waals surface area contributed by atoms with Gasteiger partial charge in [-0.15, -0.1) is 0 Å². The first-order valence-electron chi connectivity index (χ1n) is 8.94. The monoisotopic (exact) mass is 422 g/mol. The summed E-state index contributed by atoms with van der Waals surface area (Å²) in [6, 6.07) is 22.8. The third kappa shape index (κ3) is 4.06. The van der Waals surface area contributed by atoms with E-state index in [2.05, 4.69) is 4.98 Å². The van der Waals surface area contributed by atoms with Gasteiger partial charge >= 0.3 is 0 Å². The summed E-state index contributed by atoms with van der Waals surface area (Å²) in [6.45, 7) is 0. The molecule has 0 radical (unpaired) electrons. The summed E-state index contributed by atoms with van der Waals surface area (Å²) in [6.07, 6.45) is 0. The van der Waals surface area contributed by atoms with E-state index in [-0.39, 0.29) is 16.6 Å². The number of rotatable bonds is 5. The Balaban J connectivity index is 1.52. The van der Waals surface area contributed by atoms with Crippen LogP contribution >= 0.6 is 11.3 Å². The van der Waals surface area contributed by atoms with E-state index >= 15 is 0 Å². The van der Waals surface area contributed by atoms with Crippen molar-refractivity contribution in [2.75, 3.05) is 11.9 Å². The normalized spacial score (nSPS) is 11.5. The molecule has 146 valence electrons. The van der Waals surface area contributed by atoms with Crippen molar-refractivity contribution in [2.24, 2.45) is 0 Å². The molecule has 4 aromatic rings. The number of aromatic nitrogens is 1. The molecule has 4 rings (SSSR count). The van der Waals surface area contributed by atoms with Gasteiger partial charge in [0.2, 0.25) is 0 Å². The predicted molar refractivity (Wildman–Crippen MR) is 116 cm³/mol. The standard InChI is InChI=1S/C22H18N2O3S2/c1-24(22-23-19-9-5-6-10-20(19)28-22)21(25)17-13-11-16(12-14-17)15-29(26,27)18-7-3-2-4-8-18/h2-14H,15H2,1H3. The second-order valence-corrected chi connectivity index (χ2v) is 9.60. The lowest BCUT2D eigenvalue weighted by Gasteiger charge is -2.14. The molecule has 0 saturated heterocycles. The molecular weight excluding hydrogens is 404 g/mol. The fourth-order valence-electron chi connectivity index (χ4n) is 2.96. The average Bonchev–Trinajstić information content (AvgIpc) is 3.18. The highest BCUT2D eigenvalue weighted by Gasteiger charge is 2.18. The van der Waals surface area contributed by atoms with Crippen LogP contribution in [0.25, 0.3) is 10.2 Å². The van der Waals surface area contributed by atoms with E-state index in [1.54, 1.807) is 61.6 Å². The predicted octanol–water partition coefficient (Wildman–Crippen LogP) is 4.55. The topological polar surface area (TPSA) is 67.3 Å². The summed E-state index contributed by atoms with van der Waals surface area (Å²) in [4.78, 5) is 19.1. The number of amides is 1. The number of para-hydroxylation sites is 1. The minimum atomic E-state index is -3.42. The van der Waals surface area contributed by atoms with Crippen LogP contribution in [-0.2, 0) is 15.6 Å². The maximum Gasteiger partial charge on any atom is 0.259 e. The fraction of sp³-hybridized carbons (Fsp3) is 0.0909. The van der Waals surface area contributed by atoms with E-state index in [4.69, 9.17) is 0 Å². The third-order valence-corrected chi connectivity index (χ3v) is 7.35. The SMILES string of the molecule is CN(C(=O)c1ccc(CS(=O)(=O)c2ccccc2)cc1)c1nc2ccccc2s1. The number of hydrogen-bond acceptors (Lipinski definition) is 5. The van der Waals surface area contributed by atoms with Gasteiger partial charge in [-0.2, -0.15) is 0 Å². The second kappa shape index (κ2) is 7.77. The Hall–Kier alpha value is -3.03. The highest BCUT2D eigenvalue weighted by atomic mass is 32.2. The molecular formula is C22H18N2O3S2. The lowest BCUT2D eigenvalue weighted by atomic mass is 10.1. The molecule has 0 unspecified atom stereocenters. The number of hydrogen-bond donors (Lipinski definition) is 0. The van der Waals surface area contributed by atoms with Gasteiger partial charge in [0.25, 0.3) is 5.91 Å². The van der Waals surface area contributed by atoms with Gasteiger partial charge in [-0.1, -0.05) is 53.8 Å². The van der Waals surface area contributed by atoms with Crippen molar-refractivity contribution < 1.29 is 13.2 Å². The Bertz CT molecular complexity index is 1230. The summed E-state index contributed by atoms with van der Waals surface area (Å²) in [5, 5.41) is 0.618. The van der Waals surface area contributed by atoms with E-state index in [1.165, 1.54) is 16.2 Å². The number of benzene rings is 3. The summed E-state index contributed by atoms with van der Waals surface area (Å²) in [7, 11) is -1.74. The van der Waals surface area contributed by atoms with E-state index < -0.39 is 9.84 Å². The maximum absolute atomic E-state index is 12.8. The molecule has 1 heterocycles. The van der Waals surface area contributed by atoms with Crippen LogP contribution in [0.4, 0.5) is 5.13 Å². The molecule has 0 aliphatic rings. The minimum Gasteiger partial charge on any atom is -0.287 e. The largest absolute Gasteiger partial charge is 0.287 e. The van der Waals surface area contributed by atoms with Crippen LogP contribution in [-0.4, -0.2) is 26.4 Å². The lowest BCUT2D eigenvalue weighted by Crippen LogP contribution is -2.26. The van der Waals surface area contributed by atoms with E-state index in [1.807, 2.05) is 24.3 Å². The van der Waals surface area contributed by atoms with Crippen LogP contribution in [0.1, 0.15) is 15.9 Å². The van der Waals surface area contributed by atoms with Crippen LogP contribution in [0.5, 0.6) is 0 Å². The van der Waals surface area contributed by atoms with Crippen LogP contribution in [0.3, 0.4) is 0 Å². The number of nitrogens with zero attached hydrogens (tertiary/aromatic N) is 2. The van der Waals surface area contributed by atoms with Crippen molar-refractivity contribution in [3.63, 3.8) is 0 Å². The van der Waals surface area contributed by atoms with E-state index in [0.29, 0.717) is 16.3 Å². The molecule has 0 aliphatic carbocycles. The van der Waals surface area contributed by atoms with Crippen LogP contribution < -0.4 is 4.90 Å². The third-order valence-electron chi connectivity index (χ3n) is 4.53.